The number of amides is 3. The van der Waals surface area contributed by atoms with Gasteiger partial charge in [-0.2, -0.15) is 0 Å². The second-order valence-electron chi connectivity index (χ2n) is 10.2. The molecule has 0 saturated carbocycles. The van der Waals surface area contributed by atoms with Crippen molar-refractivity contribution in [2.24, 2.45) is 0 Å². The first-order valence-electron chi connectivity index (χ1n) is 12.6. The molecule has 0 aliphatic carbocycles. The fourth-order valence-corrected chi connectivity index (χ4v) is 3.80. The number of nitrogens with one attached hydrogen (secondary N) is 2. The lowest BCUT2D eigenvalue weighted by Crippen LogP contribution is -2.50. The van der Waals surface area contributed by atoms with Gasteiger partial charge in [0, 0.05) is 19.6 Å². The maximum absolute atomic E-state index is 12.6. The summed E-state index contributed by atoms with van der Waals surface area (Å²) >= 11 is 0. The van der Waals surface area contributed by atoms with E-state index in [1.807, 2.05) is 20.8 Å². The van der Waals surface area contributed by atoms with Crippen LogP contribution in [0.15, 0.2) is 48.5 Å². The highest BCUT2D eigenvalue weighted by atomic mass is 16.5. The number of carbonyl (C=O) groups excluding carboxylic acids is 3. The van der Waals surface area contributed by atoms with E-state index in [1.54, 1.807) is 4.90 Å². The third kappa shape index (κ3) is 10.5. The van der Waals surface area contributed by atoms with Gasteiger partial charge in [-0.1, -0.05) is 59.7 Å². The van der Waals surface area contributed by atoms with Gasteiger partial charge in [-0.3, -0.25) is 9.59 Å². The predicted molar refractivity (Wildman–Crippen MR) is 143 cm³/mol. The molecule has 2 aromatic carbocycles. The minimum absolute atomic E-state index is 0.0525. The van der Waals surface area contributed by atoms with Gasteiger partial charge in [0.25, 0.3) is 6.47 Å². The Kier molecular flexibility index (Phi) is 11.4. The monoisotopic (exact) mass is 495 g/mol. The Morgan fingerprint density at radius 2 is 1.42 bits per heavy atom. The van der Waals surface area contributed by atoms with Crippen molar-refractivity contribution < 1.29 is 19.1 Å². The standard InChI is InChI=1S/C24H31N3O2.C5H10O2/c1-18-5-9-20(10-6-18)13-15-25-23(28)22-4-3-17-27(22)24(29)26-16-14-21-11-7-19(2)8-12-21;1-5(2,3)7-4-6/h5-12,22H,3-4,13-17H2,1-2H3,(H,25,28)(H,26,29);4H,1-3H3. The molecule has 0 spiro atoms. The molecule has 1 heterocycles. The second-order valence-corrected chi connectivity index (χ2v) is 10.2. The molecule has 196 valence electrons. The Labute approximate surface area is 215 Å². The number of benzene rings is 2. The Morgan fingerprint density at radius 1 is 0.917 bits per heavy atom. The molecule has 7 nitrogen and oxygen atoms in total. The third-order valence-corrected chi connectivity index (χ3v) is 5.86. The molecule has 3 amide bonds. The average molecular weight is 496 g/mol. The molecule has 2 aromatic rings. The van der Waals surface area contributed by atoms with Gasteiger partial charge in [0.2, 0.25) is 5.91 Å². The van der Waals surface area contributed by atoms with Gasteiger partial charge in [0.05, 0.1) is 0 Å². The highest BCUT2D eigenvalue weighted by Gasteiger charge is 2.33. The van der Waals surface area contributed by atoms with Crippen LogP contribution < -0.4 is 10.6 Å². The smallest absolute Gasteiger partial charge is 0.318 e. The Hall–Kier alpha value is -3.35. The van der Waals surface area contributed by atoms with Crippen LogP contribution >= 0.6 is 0 Å². The van der Waals surface area contributed by atoms with Crippen LogP contribution in [0.4, 0.5) is 4.79 Å². The SMILES string of the molecule is CC(C)(C)OC=O.Cc1ccc(CCNC(=O)C2CCCN2C(=O)NCCc2ccc(C)cc2)cc1. The minimum Gasteiger partial charge on any atom is -0.462 e. The molecule has 1 unspecified atom stereocenters. The van der Waals surface area contributed by atoms with E-state index >= 15 is 0 Å². The van der Waals surface area contributed by atoms with Crippen LogP contribution in [0.5, 0.6) is 0 Å². The van der Waals surface area contributed by atoms with Crippen molar-refractivity contribution in [2.45, 2.75) is 71.9 Å². The van der Waals surface area contributed by atoms with Crippen molar-refractivity contribution in [1.82, 2.24) is 15.5 Å². The van der Waals surface area contributed by atoms with E-state index in [4.69, 9.17) is 0 Å². The lowest BCUT2D eigenvalue weighted by Gasteiger charge is -2.24. The fraction of sp³-hybridized carbons (Fsp3) is 0.483. The van der Waals surface area contributed by atoms with E-state index in [0.29, 0.717) is 26.1 Å². The highest BCUT2D eigenvalue weighted by Crippen LogP contribution is 2.17. The Bertz CT molecular complexity index is 896. The highest BCUT2D eigenvalue weighted by molar-refractivity contribution is 5.87. The van der Waals surface area contributed by atoms with Crippen molar-refractivity contribution in [3.05, 3.63) is 70.8 Å². The summed E-state index contributed by atoms with van der Waals surface area (Å²) in [5, 5.41) is 5.97. The molecule has 1 atom stereocenters. The normalized spacial score (nSPS) is 14.9. The molecule has 2 N–H and O–H groups in total. The van der Waals surface area contributed by atoms with Crippen molar-refractivity contribution in [1.29, 1.82) is 0 Å². The fourth-order valence-electron chi connectivity index (χ4n) is 3.80. The Balaban J connectivity index is 0.000000572. The zero-order chi connectivity index (χ0) is 26.6. The molecule has 0 radical (unpaired) electrons. The van der Waals surface area contributed by atoms with E-state index in [1.165, 1.54) is 22.3 Å². The van der Waals surface area contributed by atoms with Crippen LogP contribution in [0.1, 0.15) is 55.9 Å². The molecule has 36 heavy (non-hydrogen) atoms. The number of likely N-dealkylation sites (tertiary alicyclic amines) is 1. The summed E-state index contributed by atoms with van der Waals surface area (Å²) in [5.41, 5.74) is 4.54. The van der Waals surface area contributed by atoms with E-state index in [2.05, 4.69) is 77.7 Å². The van der Waals surface area contributed by atoms with Gasteiger partial charge in [-0.05, 0) is 71.4 Å². The number of nitrogens with zero attached hydrogens (tertiary/aromatic N) is 1. The van der Waals surface area contributed by atoms with E-state index in [-0.39, 0.29) is 23.6 Å². The number of carbonyl (C=O) groups is 3. The quantitative estimate of drug-likeness (QED) is 0.534. The first kappa shape index (κ1) is 28.9. The van der Waals surface area contributed by atoms with Gasteiger partial charge in [0.15, 0.2) is 0 Å². The number of rotatable bonds is 8. The summed E-state index contributed by atoms with van der Waals surface area (Å²) in [6.07, 6.45) is 3.16. The molecule has 1 saturated heterocycles. The summed E-state index contributed by atoms with van der Waals surface area (Å²) in [5.74, 6) is -0.0525. The van der Waals surface area contributed by atoms with Crippen LogP contribution in [0.2, 0.25) is 0 Å². The molecule has 1 aliphatic heterocycles. The second kappa shape index (κ2) is 14.3. The van der Waals surface area contributed by atoms with Gasteiger partial charge in [-0.25, -0.2) is 4.79 Å². The summed E-state index contributed by atoms with van der Waals surface area (Å²) in [6.45, 7) is 11.8. The van der Waals surface area contributed by atoms with Gasteiger partial charge in [0.1, 0.15) is 11.6 Å². The van der Waals surface area contributed by atoms with Crippen molar-refractivity contribution in [2.75, 3.05) is 19.6 Å². The van der Waals surface area contributed by atoms with Crippen LogP contribution in [0, 0.1) is 13.8 Å². The maximum atomic E-state index is 12.6. The van der Waals surface area contributed by atoms with Gasteiger partial charge in [-0.15, -0.1) is 0 Å². The first-order chi connectivity index (χ1) is 17.1. The molecular formula is C29H41N3O4. The van der Waals surface area contributed by atoms with Crippen molar-refractivity contribution >= 4 is 18.4 Å². The number of hydrogen-bond donors (Lipinski definition) is 2. The predicted octanol–water partition coefficient (Wildman–Crippen LogP) is 4.34. The molecule has 3 rings (SSSR count). The molecule has 1 aliphatic rings. The molecule has 1 fully saturated rings. The maximum Gasteiger partial charge on any atom is 0.318 e. The number of ether oxygens (including phenoxy) is 1. The average Bonchev–Trinajstić information content (AvgIpc) is 3.31. The lowest BCUT2D eigenvalue weighted by molar-refractivity contribution is -0.138. The summed E-state index contributed by atoms with van der Waals surface area (Å²) in [7, 11) is 0. The van der Waals surface area contributed by atoms with Gasteiger partial charge < -0.3 is 20.3 Å². The van der Waals surface area contributed by atoms with Crippen molar-refractivity contribution in [3.8, 4) is 0 Å². The van der Waals surface area contributed by atoms with Crippen molar-refractivity contribution in [3.63, 3.8) is 0 Å². The molecule has 0 bridgehead atoms. The molecule has 7 heteroatoms. The van der Waals surface area contributed by atoms with Gasteiger partial charge >= 0.3 is 6.03 Å². The number of hydrogen-bond acceptors (Lipinski definition) is 4. The minimum atomic E-state index is -0.368. The third-order valence-electron chi connectivity index (χ3n) is 5.86. The summed E-state index contributed by atoms with van der Waals surface area (Å²) in [6, 6.07) is 16.1. The lowest BCUT2D eigenvalue weighted by atomic mass is 10.1. The topological polar surface area (TPSA) is 87.7 Å². The zero-order valence-corrected chi connectivity index (χ0v) is 22.3. The summed E-state index contributed by atoms with van der Waals surface area (Å²) < 4.78 is 4.55. The molecule has 0 aromatic heterocycles. The first-order valence-corrected chi connectivity index (χ1v) is 12.6. The Morgan fingerprint density at radius 3 is 1.86 bits per heavy atom. The van der Waals surface area contributed by atoms with E-state index < -0.39 is 0 Å². The largest absolute Gasteiger partial charge is 0.462 e. The van der Waals surface area contributed by atoms with E-state index in [9.17, 15) is 14.4 Å². The van der Waals surface area contributed by atoms with Crippen LogP contribution in [0.25, 0.3) is 0 Å². The van der Waals surface area contributed by atoms with Crippen LogP contribution in [-0.2, 0) is 27.2 Å². The molecular weight excluding hydrogens is 454 g/mol. The zero-order valence-electron chi connectivity index (χ0n) is 22.3. The summed E-state index contributed by atoms with van der Waals surface area (Å²) in [4.78, 5) is 36.4. The van der Waals surface area contributed by atoms with Crippen LogP contribution in [0.3, 0.4) is 0 Å². The number of urea groups is 1. The van der Waals surface area contributed by atoms with E-state index in [0.717, 1.165) is 25.7 Å². The number of aryl methyl sites for hydroxylation is 2. The van der Waals surface area contributed by atoms with Crippen LogP contribution in [-0.4, -0.2) is 54.6 Å².